The van der Waals surface area contributed by atoms with Crippen molar-refractivity contribution in [1.29, 1.82) is 0 Å². The second-order valence-corrected chi connectivity index (χ2v) is 6.22. The van der Waals surface area contributed by atoms with Crippen molar-refractivity contribution in [3.63, 3.8) is 0 Å². The summed E-state index contributed by atoms with van der Waals surface area (Å²) in [6, 6.07) is 6.50. The molecule has 4 nitrogen and oxygen atoms in total. The molecule has 0 aromatic heterocycles. The lowest BCUT2D eigenvalue weighted by Crippen LogP contribution is -2.35. The van der Waals surface area contributed by atoms with Crippen molar-refractivity contribution in [2.75, 3.05) is 25.0 Å². The maximum Gasteiger partial charge on any atom is 0.217 e. The lowest BCUT2D eigenvalue weighted by Gasteiger charge is -2.33. The Morgan fingerprint density at radius 3 is 2.67 bits per heavy atom. The number of hydrogen-bond acceptors (Lipinski definition) is 3. The fourth-order valence-electron chi connectivity index (χ4n) is 2.90. The highest BCUT2D eigenvalue weighted by Gasteiger charge is 2.21. The predicted octanol–water partition coefficient (Wildman–Crippen LogP) is 2.71. The van der Waals surface area contributed by atoms with Crippen LogP contribution in [-0.2, 0) is 4.79 Å². The molecule has 1 aromatic rings. The van der Waals surface area contributed by atoms with E-state index in [2.05, 4.69) is 29.3 Å². The molecule has 116 valence electrons. The van der Waals surface area contributed by atoms with Crippen LogP contribution in [0.1, 0.15) is 37.8 Å². The molecule has 5 heteroatoms. The van der Waals surface area contributed by atoms with Gasteiger partial charge in [0.2, 0.25) is 5.91 Å². The maximum absolute atomic E-state index is 11.0. The van der Waals surface area contributed by atoms with Crippen molar-refractivity contribution < 1.29 is 4.79 Å². The summed E-state index contributed by atoms with van der Waals surface area (Å²) in [5.74, 6) is 0.236. The molecule has 0 radical (unpaired) electrons. The molecule has 21 heavy (non-hydrogen) atoms. The Kier molecular flexibility index (Phi) is 5.48. The van der Waals surface area contributed by atoms with Gasteiger partial charge in [0.15, 0.2) is 0 Å². The first-order valence-electron chi connectivity index (χ1n) is 7.51. The van der Waals surface area contributed by atoms with Gasteiger partial charge >= 0.3 is 0 Å². The molecule has 0 aliphatic carbocycles. The zero-order chi connectivity index (χ0) is 15.4. The number of hydrogen-bond donors (Lipinski definition) is 2. The van der Waals surface area contributed by atoms with Gasteiger partial charge in [-0.15, -0.1) is 0 Å². The summed E-state index contributed by atoms with van der Waals surface area (Å²) in [6.07, 6.45) is 2.53. The monoisotopic (exact) mass is 309 g/mol. The standard InChI is InChI=1S/C16H24ClN3O/c1-11(19-2)14-4-3-13(10-15(14)17)20-7-5-12(6-8-20)9-16(18)21/h3-4,10-12,19H,5-9H2,1-2H3,(H2,18,21). The van der Waals surface area contributed by atoms with Gasteiger partial charge in [0, 0.05) is 36.3 Å². The third kappa shape index (κ3) is 4.11. The normalized spacial score (nSPS) is 17.8. The number of halogens is 1. The number of nitrogens with two attached hydrogens (primary N) is 1. The number of carbonyl (C=O) groups excluding carboxylic acids is 1. The fourth-order valence-corrected chi connectivity index (χ4v) is 3.24. The van der Waals surface area contributed by atoms with Crippen LogP contribution in [0.3, 0.4) is 0 Å². The van der Waals surface area contributed by atoms with E-state index in [9.17, 15) is 4.79 Å². The average Bonchev–Trinajstić information content (AvgIpc) is 2.46. The van der Waals surface area contributed by atoms with Crippen LogP contribution in [0.4, 0.5) is 5.69 Å². The summed E-state index contributed by atoms with van der Waals surface area (Å²) in [5.41, 5.74) is 7.55. The van der Waals surface area contributed by atoms with Gasteiger partial charge in [-0.25, -0.2) is 0 Å². The molecule has 1 fully saturated rings. The van der Waals surface area contributed by atoms with E-state index < -0.39 is 0 Å². The molecule has 0 bridgehead atoms. The van der Waals surface area contributed by atoms with E-state index >= 15 is 0 Å². The number of amides is 1. The molecule has 2 rings (SSSR count). The van der Waals surface area contributed by atoms with Crippen LogP contribution in [0.2, 0.25) is 5.02 Å². The third-order valence-corrected chi connectivity index (χ3v) is 4.68. The van der Waals surface area contributed by atoms with E-state index in [1.54, 1.807) is 0 Å². The quantitative estimate of drug-likeness (QED) is 0.879. The number of nitrogens with one attached hydrogen (secondary N) is 1. The largest absolute Gasteiger partial charge is 0.371 e. The number of piperidine rings is 1. The average molecular weight is 310 g/mol. The first kappa shape index (κ1) is 16.1. The van der Waals surface area contributed by atoms with Crippen molar-refractivity contribution in [2.45, 2.75) is 32.2 Å². The van der Waals surface area contributed by atoms with Gasteiger partial charge < -0.3 is 16.0 Å². The molecule has 1 saturated heterocycles. The zero-order valence-corrected chi connectivity index (χ0v) is 13.5. The predicted molar refractivity (Wildman–Crippen MR) is 87.7 cm³/mol. The van der Waals surface area contributed by atoms with Gasteiger partial charge in [-0.3, -0.25) is 4.79 Å². The molecule has 0 spiro atoms. The molecule has 1 aromatic carbocycles. The lowest BCUT2D eigenvalue weighted by atomic mass is 9.93. The van der Waals surface area contributed by atoms with E-state index in [0.717, 1.165) is 42.2 Å². The molecule has 1 heterocycles. The minimum absolute atomic E-state index is 0.193. The summed E-state index contributed by atoms with van der Waals surface area (Å²) in [6.45, 7) is 4.00. The molecule has 3 N–H and O–H groups in total. The van der Waals surface area contributed by atoms with E-state index in [0.29, 0.717) is 12.3 Å². The lowest BCUT2D eigenvalue weighted by molar-refractivity contribution is -0.119. The number of anilines is 1. The molecule has 1 aliphatic heterocycles. The summed E-state index contributed by atoms with van der Waals surface area (Å²) in [4.78, 5) is 13.3. The van der Waals surface area contributed by atoms with Crippen molar-refractivity contribution >= 4 is 23.2 Å². The highest BCUT2D eigenvalue weighted by Crippen LogP contribution is 2.30. The van der Waals surface area contributed by atoms with E-state index in [-0.39, 0.29) is 11.9 Å². The van der Waals surface area contributed by atoms with Crippen LogP contribution in [-0.4, -0.2) is 26.0 Å². The van der Waals surface area contributed by atoms with Gasteiger partial charge in [0.05, 0.1) is 0 Å². The Morgan fingerprint density at radius 2 is 2.14 bits per heavy atom. The van der Waals surface area contributed by atoms with E-state index in [1.807, 2.05) is 13.1 Å². The van der Waals surface area contributed by atoms with Gasteiger partial charge in [-0.05, 0) is 50.4 Å². The molecule has 1 amide bonds. The zero-order valence-electron chi connectivity index (χ0n) is 12.7. The van der Waals surface area contributed by atoms with Crippen LogP contribution >= 0.6 is 11.6 Å². The maximum atomic E-state index is 11.0. The van der Waals surface area contributed by atoms with Crippen molar-refractivity contribution in [3.05, 3.63) is 28.8 Å². The molecule has 1 atom stereocenters. The van der Waals surface area contributed by atoms with Crippen LogP contribution in [0.5, 0.6) is 0 Å². The second-order valence-electron chi connectivity index (χ2n) is 5.82. The molecular weight excluding hydrogens is 286 g/mol. The first-order valence-corrected chi connectivity index (χ1v) is 7.89. The smallest absolute Gasteiger partial charge is 0.217 e. The minimum atomic E-state index is -0.193. The molecule has 1 aliphatic rings. The molecular formula is C16H24ClN3O. The van der Waals surface area contributed by atoms with Gasteiger partial charge in [-0.1, -0.05) is 17.7 Å². The fraction of sp³-hybridized carbons (Fsp3) is 0.562. The number of primary amides is 1. The van der Waals surface area contributed by atoms with E-state index in [1.165, 1.54) is 0 Å². The van der Waals surface area contributed by atoms with Crippen molar-refractivity contribution in [2.24, 2.45) is 11.7 Å². The number of carbonyl (C=O) groups is 1. The van der Waals surface area contributed by atoms with Crippen LogP contribution in [0.25, 0.3) is 0 Å². The van der Waals surface area contributed by atoms with Crippen molar-refractivity contribution in [3.8, 4) is 0 Å². The van der Waals surface area contributed by atoms with Crippen LogP contribution in [0, 0.1) is 5.92 Å². The summed E-state index contributed by atoms with van der Waals surface area (Å²) >= 11 is 6.39. The second kappa shape index (κ2) is 7.14. The Morgan fingerprint density at radius 1 is 1.48 bits per heavy atom. The van der Waals surface area contributed by atoms with Crippen LogP contribution in [0.15, 0.2) is 18.2 Å². The minimum Gasteiger partial charge on any atom is -0.371 e. The van der Waals surface area contributed by atoms with E-state index in [4.69, 9.17) is 17.3 Å². The Hall–Kier alpha value is -1.26. The van der Waals surface area contributed by atoms with Gasteiger partial charge in [0.1, 0.15) is 0 Å². The summed E-state index contributed by atoms with van der Waals surface area (Å²) < 4.78 is 0. The summed E-state index contributed by atoms with van der Waals surface area (Å²) in [7, 11) is 1.93. The van der Waals surface area contributed by atoms with Crippen LogP contribution < -0.4 is 16.0 Å². The topological polar surface area (TPSA) is 58.4 Å². The highest BCUT2D eigenvalue weighted by molar-refractivity contribution is 6.31. The Balaban J connectivity index is 2.01. The number of benzene rings is 1. The van der Waals surface area contributed by atoms with Crippen molar-refractivity contribution in [1.82, 2.24) is 5.32 Å². The Labute approximate surface area is 131 Å². The number of rotatable bonds is 5. The third-order valence-electron chi connectivity index (χ3n) is 4.35. The first-order chi connectivity index (χ1) is 10.0. The van der Waals surface area contributed by atoms with Gasteiger partial charge in [0.25, 0.3) is 0 Å². The summed E-state index contributed by atoms with van der Waals surface area (Å²) in [5, 5.41) is 4.00. The Bertz CT molecular complexity index is 498. The molecule has 0 saturated carbocycles. The number of nitrogens with zero attached hydrogens (tertiary/aromatic N) is 1. The highest BCUT2D eigenvalue weighted by atomic mass is 35.5. The SMILES string of the molecule is CNC(C)c1ccc(N2CCC(CC(N)=O)CC2)cc1Cl. The molecule has 1 unspecified atom stereocenters. The van der Waals surface area contributed by atoms with Gasteiger partial charge in [-0.2, -0.15) is 0 Å².